The van der Waals surface area contributed by atoms with E-state index in [9.17, 15) is 19.7 Å². The normalized spacial score (nSPS) is 12.3. The molecule has 3 atom stereocenters. The van der Waals surface area contributed by atoms with Gasteiger partial charge in [0.25, 0.3) is 0 Å². The second-order valence-corrected chi connectivity index (χ2v) is 24.3. The minimum Gasteiger partial charge on any atom is -0.505 e. The molecule has 0 aliphatic carbocycles. The van der Waals surface area contributed by atoms with Gasteiger partial charge in [-0.05, 0) is 102 Å². The maximum atomic E-state index is 13.6. The van der Waals surface area contributed by atoms with E-state index in [0.29, 0.717) is 103 Å². The maximum absolute atomic E-state index is 13.6. The third-order valence-corrected chi connectivity index (χ3v) is 17.7. The molecule has 12 aromatic rings. The van der Waals surface area contributed by atoms with E-state index in [-0.39, 0.29) is 34.1 Å². The van der Waals surface area contributed by atoms with E-state index in [1.807, 2.05) is 91.9 Å². The van der Waals surface area contributed by atoms with Gasteiger partial charge in [-0.2, -0.15) is 0 Å². The number of pyridine rings is 6. The molecule has 20 heteroatoms. The average molecular weight is 1360 g/mol. The highest BCUT2D eigenvalue weighted by atomic mass is 35.5. The Morgan fingerprint density at radius 2 is 0.736 bits per heavy atom. The summed E-state index contributed by atoms with van der Waals surface area (Å²) in [6, 6.07) is 42.7. The Kier molecular flexibility index (Phi) is 20.5. The lowest BCUT2D eigenvalue weighted by molar-refractivity contribution is 0.469. The Bertz CT molecular complexity index is 4350. The molecule has 3 unspecified atom stereocenters. The molecular formula is C67H45Cl10FN6O3. The number of halogens is 11. The Balaban J connectivity index is 0.000000144. The summed E-state index contributed by atoms with van der Waals surface area (Å²) in [6.45, 7) is 1.97. The summed E-state index contributed by atoms with van der Waals surface area (Å²) in [6.07, 6.45) is 10.9. The first-order valence-corrected chi connectivity index (χ1v) is 30.3. The number of aromatic nitrogens is 6. The Morgan fingerprint density at radius 1 is 0.356 bits per heavy atom. The number of phenols is 3. The van der Waals surface area contributed by atoms with Crippen LogP contribution in [-0.2, 0) is 19.3 Å². The Hall–Kier alpha value is -6.77. The first kappa shape index (κ1) is 63.3. The van der Waals surface area contributed by atoms with Gasteiger partial charge in [-0.25, -0.2) is 4.39 Å². The second kappa shape index (κ2) is 28.2. The zero-order valence-corrected chi connectivity index (χ0v) is 52.9. The fraction of sp³-hybridized carbons (Fsp3) is 0.104. The van der Waals surface area contributed by atoms with E-state index in [4.69, 9.17) is 116 Å². The number of phenolic OH excluding ortho intramolecular Hbond substituents is 3. The van der Waals surface area contributed by atoms with E-state index in [0.717, 1.165) is 49.8 Å². The molecule has 0 bridgehead atoms. The van der Waals surface area contributed by atoms with Crippen LogP contribution in [0.2, 0.25) is 50.2 Å². The number of hydrogen-bond donors (Lipinski definition) is 3. The van der Waals surface area contributed by atoms with Crippen LogP contribution in [0, 0.1) is 12.7 Å². The Labute approximate surface area is 549 Å². The van der Waals surface area contributed by atoms with Gasteiger partial charge in [-0.1, -0.05) is 189 Å². The van der Waals surface area contributed by atoms with Crippen LogP contribution in [0.25, 0.3) is 32.7 Å². The van der Waals surface area contributed by atoms with Gasteiger partial charge in [-0.3, -0.25) is 29.9 Å². The highest BCUT2D eigenvalue weighted by Crippen LogP contribution is 2.44. The van der Waals surface area contributed by atoms with Crippen molar-refractivity contribution < 1.29 is 19.7 Å². The highest BCUT2D eigenvalue weighted by Gasteiger charge is 2.27. The van der Waals surface area contributed by atoms with Crippen LogP contribution in [0.4, 0.5) is 4.39 Å². The third-order valence-electron chi connectivity index (χ3n) is 14.6. The van der Waals surface area contributed by atoms with Crippen molar-refractivity contribution >= 4 is 149 Å². The lowest BCUT2D eigenvalue weighted by Gasteiger charge is -2.22. The standard InChI is InChI=1S/C23H17Cl3N2O.C22H14Cl4N2O.C22H14Cl3FN2O/c1-13-9-16(25)12-28-21(13)11-19(17-7-5-15(24)10-20(17)26)18-6-4-14-3-2-8-27-22(14)23(18)29;23-13-4-6-15(18(24)8-13)17(9-14-10-19(25)20(26)11-28-14)16-5-3-12-2-1-7-27-21(12)22(16)29;23-18-8-13(26)4-6-15(18)17(9-14-10-19(24)20(25)11-28-14)16-5-3-12-2-1-7-27-21(12)22(16)29/h2-10,12,19,29H,11H2,1H3;2*1-8,10-11,17,29H,9H2. The molecule has 6 aromatic carbocycles. The highest BCUT2D eigenvalue weighted by molar-refractivity contribution is 6.42. The average Bonchev–Trinajstić information content (AvgIpc) is 1.40. The van der Waals surface area contributed by atoms with Crippen LogP contribution in [0.15, 0.2) is 183 Å². The van der Waals surface area contributed by atoms with Crippen molar-refractivity contribution in [3.05, 3.63) is 295 Å². The van der Waals surface area contributed by atoms with E-state index < -0.39 is 11.7 Å². The van der Waals surface area contributed by atoms with Crippen LogP contribution in [-0.4, -0.2) is 45.2 Å². The molecule has 6 heterocycles. The molecule has 87 heavy (non-hydrogen) atoms. The summed E-state index contributed by atoms with van der Waals surface area (Å²) < 4.78 is 13.6. The molecule has 0 amide bonds. The predicted octanol–water partition coefficient (Wildman–Crippen LogP) is 21.1. The molecule has 12 rings (SSSR count). The number of nitrogens with zero attached hydrogens (tertiary/aromatic N) is 6. The molecule has 438 valence electrons. The molecule has 3 N–H and O–H groups in total. The monoisotopic (exact) mass is 1350 g/mol. The van der Waals surface area contributed by atoms with Gasteiger partial charge in [0.2, 0.25) is 0 Å². The lowest BCUT2D eigenvalue weighted by atomic mass is 9.85. The van der Waals surface area contributed by atoms with Gasteiger partial charge < -0.3 is 15.3 Å². The van der Waals surface area contributed by atoms with Crippen LogP contribution >= 0.6 is 116 Å². The van der Waals surface area contributed by atoms with Crippen molar-refractivity contribution in [2.75, 3.05) is 0 Å². The van der Waals surface area contributed by atoms with Crippen LogP contribution in [0.3, 0.4) is 0 Å². The predicted molar refractivity (Wildman–Crippen MR) is 354 cm³/mol. The lowest BCUT2D eigenvalue weighted by Crippen LogP contribution is -2.09. The van der Waals surface area contributed by atoms with Crippen molar-refractivity contribution in [1.82, 2.24) is 29.9 Å². The molecule has 0 aliphatic rings. The minimum atomic E-state index is -0.436. The summed E-state index contributed by atoms with van der Waals surface area (Å²) in [5, 5.41) is 40.1. The second-order valence-electron chi connectivity index (χ2n) is 20.1. The van der Waals surface area contributed by atoms with E-state index in [1.54, 1.807) is 73.3 Å². The van der Waals surface area contributed by atoms with Gasteiger partial charge in [0, 0.05) is 149 Å². The molecular weight excluding hydrogens is 1310 g/mol. The molecule has 0 saturated heterocycles. The summed E-state index contributed by atoms with van der Waals surface area (Å²) >= 11 is 62.0. The maximum Gasteiger partial charge on any atom is 0.145 e. The van der Waals surface area contributed by atoms with Gasteiger partial charge in [0.1, 0.15) is 39.6 Å². The largest absolute Gasteiger partial charge is 0.505 e. The summed E-state index contributed by atoms with van der Waals surface area (Å²) in [5.41, 5.74) is 9.16. The van der Waals surface area contributed by atoms with Crippen molar-refractivity contribution in [2.24, 2.45) is 0 Å². The van der Waals surface area contributed by atoms with Gasteiger partial charge in [-0.15, -0.1) is 0 Å². The number of fused-ring (bicyclic) bond motifs is 3. The summed E-state index contributed by atoms with van der Waals surface area (Å²) in [7, 11) is 0. The Morgan fingerprint density at radius 3 is 1.11 bits per heavy atom. The fourth-order valence-corrected chi connectivity index (χ4v) is 12.5. The van der Waals surface area contributed by atoms with Gasteiger partial charge in [0.05, 0.1) is 25.1 Å². The smallest absolute Gasteiger partial charge is 0.145 e. The first-order chi connectivity index (χ1) is 41.8. The molecule has 0 saturated carbocycles. The van der Waals surface area contributed by atoms with E-state index in [2.05, 4.69) is 29.9 Å². The SMILES string of the molecule is Cc1cc(Cl)cnc1CC(c1ccc(Cl)cc1Cl)c1ccc2cccnc2c1O.Oc1c(C(Cc2cc(Cl)c(Cl)cn2)c2ccc(Cl)cc2Cl)ccc2cccnc12.Oc1c(C(Cc2cc(Cl)c(Cl)cn2)c2ccc(F)cc2Cl)ccc2cccnc12. The first-order valence-electron chi connectivity index (χ1n) is 26.6. The minimum absolute atomic E-state index is 0.0496. The zero-order chi connectivity index (χ0) is 61.6. The molecule has 9 nitrogen and oxygen atoms in total. The molecule has 0 fully saturated rings. The molecule has 6 aromatic heterocycles. The van der Waals surface area contributed by atoms with E-state index >= 15 is 0 Å². The van der Waals surface area contributed by atoms with E-state index in [1.165, 1.54) is 24.5 Å². The number of benzene rings is 6. The number of aryl methyl sites for hydroxylation is 1. The number of aromatic hydroxyl groups is 3. The fourth-order valence-electron chi connectivity index (χ4n) is 10.3. The van der Waals surface area contributed by atoms with Crippen molar-refractivity contribution in [3.63, 3.8) is 0 Å². The third kappa shape index (κ3) is 14.7. The van der Waals surface area contributed by atoms with Crippen molar-refractivity contribution in [2.45, 2.75) is 43.9 Å². The number of hydrogen-bond acceptors (Lipinski definition) is 9. The van der Waals surface area contributed by atoms with Crippen LogP contribution < -0.4 is 0 Å². The summed E-state index contributed by atoms with van der Waals surface area (Å²) in [5.74, 6) is -1.07. The van der Waals surface area contributed by atoms with Crippen molar-refractivity contribution in [1.29, 1.82) is 0 Å². The number of rotatable bonds is 12. The van der Waals surface area contributed by atoms with Crippen molar-refractivity contribution in [3.8, 4) is 17.2 Å². The topological polar surface area (TPSA) is 138 Å². The molecule has 0 radical (unpaired) electrons. The van der Waals surface area contributed by atoms with Gasteiger partial charge in [0.15, 0.2) is 0 Å². The van der Waals surface area contributed by atoms with Crippen LogP contribution in [0.1, 0.15) is 73.8 Å². The quantitative estimate of drug-likeness (QED) is 0.109. The molecule has 0 aliphatic heterocycles. The summed E-state index contributed by atoms with van der Waals surface area (Å²) in [4.78, 5) is 26.2. The van der Waals surface area contributed by atoms with Gasteiger partial charge >= 0.3 is 0 Å². The zero-order valence-electron chi connectivity index (χ0n) is 45.4. The molecule has 0 spiro atoms. The van der Waals surface area contributed by atoms with Crippen LogP contribution in [0.5, 0.6) is 17.2 Å².